The lowest BCUT2D eigenvalue weighted by atomic mass is 9.95. The molecule has 3 aromatic heterocycles. The molecule has 3 heterocycles. The molecule has 196 valence electrons. The van der Waals surface area contributed by atoms with Crippen LogP contribution in [0.15, 0.2) is 47.2 Å². The van der Waals surface area contributed by atoms with E-state index in [0.29, 0.717) is 30.3 Å². The van der Waals surface area contributed by atoms with Crippen LogP contribution in [-0.4, -0.2) is 71.1 Å². The smallest absolute Gasteiger partial charge is 0.413 e. The molecule has 0 saturated heterocycles. The first kappa shape index (κ1) is 26.0. The molecule has 0 bridgehead atoms. The Bertz CT molecular complexity index is 1500. The van der Waals surface area contributed by atoms with E-state index in [1.165, 1.54) is 18.4 Å². The minimum Gasteiger partial charge on any atom is -0.453 e. The zero-order valence-electron chi connectivity index (χ0n) is 21.0. The van der Waals surface area contributed by atoms with Gasteiger partial charge in [0, 0.05) is 54.3 Å². The number of benzene rings is 1. The monoisotopic (exact) mass is 596 g/mol. The van der Waals surface area contributed by atoms with Gasteiger partial charge in [-0.15, -0.1) is 0 Å². The molecule has 12 heteroatoms. The number of nitrogens with zero attached hydrogens (tertiary/aromatic N) is 5. The van der Waals surface area contributed by atoms with Gasteiger partial charge in [0.2, 0.25) is 0 Å². The Balaban J connectivity index is 1.61. The summed E-state index contributed by atoms with van der Waals surface area (Å²) in [6.45, 7) is 0.952. The Morgan fingerprint density at radius 3 is 2.79 bits per heavy atom. The van der Waals surface area contributed by atoms with Gasteiger partial charge in [-0.05, 0) is 59.1 Å². The average Bonchev–Trinajstić information content (AvgIpc) is 3.52. The number of aromatic nitrogens is 4. The standard InChI is InChI=1S/C26H25BrN6O4S/c1-32(11-12-36-2)24(34)15-6-9-20(18(27)13-15)33-22-17(21(31-33)16-5-4-10-28-14-16)7-8-19-23(22)38-25(29-19)30-26(35)37-3/h4-6,9-10,13-14H,7-8,11-12H2,1-3H3,(H,29,30,35). The van der Waals surface area contributed by atoms with Gasteiger partial charge < -0.3 is 14.4 Å². The van der Waals surface area contributed by atoms with Crippen molar-refractivity contribution < 1.29 is 19.1 Å². The molecule has 0 fully saturated rings. The number of likely N-dealkylation sites (N-methyl/N-ethyl adjacent to an activating group) is 1. The van der Waals surface area contributed by atoms with Crippen molar-refractivity contribution in [1.29, 1.82) is 0 Å². The summed E-state index contributed by atoms with van der Waals surface area (Å²) in [4.78, 5) is 36.2. The number of thiazole rings is 1. The number of fused-ring (bicyclic) bond motifs is 3. The predicted octanol–water partition coefficient (Wildman–Crippen LogP) is 4.82. The van der Waals surface area contributed by atoms with E-state index >= 15 is 0 Å². The van der Waals surface area contributed by atoms with Crippen molar-refractivity contribution in [2.45, 2.75) is 12.8 Å². The predicted molar refractivity (Wildman–Crippen MR) is 148 cm³/mol. The Hall–Kier alpha value is -3.61. The molecular formula is C26H25BrN6O4S. The van der Waals surface area contributed by atoms with E-state index in [-0.39, 0.29) is 5.91 Å². The molecule has 0 spiro atoms. The van der Waals surface area contributed by atoms with Crippen LogP contribution in [0.2, 0.25) is 0 Å². The van der Waals surface area contributed by atoms with Crippen molar-refractivity contribution in [3.8, 4) is 27.5 Å². The maximum absolute atomic E-state index is 12.9. The van der Waals surface area contributed by atoms with Crippen molar-refractivity contribution in [3.63, 3.8) is 0 Å². The highest BCUT2D eigenvalue weighted by molar-refractivity contribution is 9.10. The van der Waals surface area contributed by atoms with Gasteiger partial charge in [0.25, 0.3) is 5.91 Å². The zero-order valence-corrected chi connectivity index (χ0v) is 23.4. The average molecular weight is 597 g/mol. The van der Waals surface area contributed by atoms with Gasteiger partial charge >= 0.3 is 6.09 Å². The summed E-state index contributed by atoms with van der Waals surface area (Å²) in [5, 5.41) is 8.17. The molecular weight excluding hydrogens is 572 g/mol. The maximum atomic E-state index is 12.9. The van der Waals surface area contributed by atoms with E-state index in [2.05, 4.69) is 31.2 Å². The Morgan fingerprint density at radius 1 is 1.24 bits per heavy atom. The van der Waals surface area contributed by atoms with E-state index in [4.69, 9.17) is 14.6 Å². The number of rotatable bonds is 7. The SMILES string of the molecule is COCCN(C)C(=O)c1ccc(-n2nc(-c3cccnc3)c3c2-c2sc(NC(=O)OC)nc2CC3)c(Br)c1. The first-order valence-electron chi connectivity index (χ1n) is 11.8. The van der Waals surface area contributed by atoms with Crippen LogP contribution in [0.4, 0.5) is 9.93 Å². The number of pyridine rings is 1. The van der Waals surface area contributed by atoms with Crippen LogP contribution in [0.3, 0.4) is 0 Å². The third-order valence-corrected chi connectivity index (χ3v) is 7.89. The molecule has 1 aliphatic rings. The van der Waals surface area contributed by atoms with E-state index < -0.39 is 6.09 Å². The Labute approximate surface area is 231 Å². The molecule has 1 aromatic carbocycles. The summed E-state index contributed by atoms with van der Waals surface area (Å²) < 4.78 is 12.4. The van der Waals surface area contributed by atoms with Crippen LogP contribution in [0.25, 0.3) is 27.5 Å². The first-order valence-corrected chi connectivity index (χ1v) is 13.4. The number of hydrogen-bond acceptors (Lipinski definition) is 8. The zero-order chi connectivity index (χ0) is 26.8. The Kier molecular flexibility index (Phi) is 7.54. The largest absolute Gasteiger partial charge is 0.453 e. The minimum absolute atomic E-state index is 0.101. The molecule has 0 atom stereocenters. The lowest BCUT2D eigenvalue weighted by molar-refractivity contribution is 0.0744. The van der Waals surface area contributed by atoms with Crippen LogP contribution in [0.1, 0.15) is 21.6 Å². The number of methoxy groups -OCH3 is 2. The van der Waals surface area contributed by atoms with Crippen molar-refractivity contribution in [2.24, 2.45) is 0 Å². The molecule has 38 heavy (non-hydrogen) atoms. The number of aryl methyl sites for hydroxylation is 1. The van der Waals surface area contributed by atoms with Gasteiger partial charge in [-0.2, -0.15) is 5.10 Å². The molecule has 10 nitrogen and oxygen atoms in total. The summed E-state index contributed by atoms with van der Waals surface area (Å²) in [6, 6.07) is 9.35. The number of carbonyl (C=O) groups is 2. The van der Waals surface area contributed by atoms with Crippen LogP contribution in [0.5, 0.6) is 0 Å². The van der Waals surface area contributed by atoms with Gasteiger partial charge in [0.1, 0.15) is 0 Å². The highest BCUT2D eigenvalue weighted by Gasteiger charge is 2.31. The number of ether oxygens (including phenoxy) is 2. The van der Waals surface area contributed by atoms with Gasteiger partial charge in [-0.25, -0.2) is 14.5 Å². The summed E-state index contributed by atoms with van der Waals surface area (Å²) in [5.41, 5.74) is 5.93. The molecule has 1 aliphatic carbocycles. The van der Waals surface area contributed by atoms with Gasteiger partial charge in [0.05, 0.1) is 41.4 Å². The summed E-state index contributed by atoms with van der Waals surface area (Å²) in [5.74, 6) is -0.101. The number of hydrogen-bond donors (Lipinski definition) is 1. The number of nitrogens with one attached hydrogen (secondary N) is 1. The van der Waals surface area contributed by atoms with E-state index in [1.807, 2.05) is 22.9 Å². The van der Waals surface area contributed by atoms with Gasteiger partial charge in [-0.1, -0.05) is 11.3 Å². The quantitative estimate of drug-likeness (QED) is 0.325. The fraction of sp³-hybridized carbons (Fsp3) is 0.269. The lowest BCUT2D eigenvalue weighted by Crippen LogP contribution is -2.29. The van der Waals surface area contributed by atoms with Gasteiger partial charge in [-0.3, -0.25) is 15.1 Å². The highest BCUT2D eigenvalue weighted by Crippen LogP contribution is 2.44. The fourth-order valence-electron chi connectivity index (χ4n) is 4.33. The molecule has 2 amide bonds. The van der Waals surface area contributed by atoms with Crippen molar-refractivity contribution in [1.82, 2.24) is 24.6 Å². The molecule has 0 aliphatic heterocycles. The summed E-state index contributed by atoms with van der Waals surface area (Å²) in [6.07, 6.45) is 4.40. The number of anilines is 1. The van der Waals surface area contributed by atoms with Crippen LogP contribution in [0, 0.1) is 0 Å². The van der Waals surface area contributed by atoms with Gasteiger partial charge in [0.15, 0.2) is 5.13 Å². The third-order valence-electron chi connectivity index (χ3n) is 6.24. The number of halogens is 1. The molecule has 1 N–H and O–H groups in total. The van der Waals surface area contributed by atoms with Crippen LogP contribution < -0.4 is 5.32 Å². The second-order valence-electron chi connectivity index (χ2n) is 8.63. The van der Waals surface area contributed by atoms with Crippen molar-refractivity contribution >= 4 is 44.4 Å². The summed E-state index contributed by atoms with van der Waals surface area (Å²) >= 11 is 5.06. The second kappa shape index (κ2) is 11.0. The van der Waals surface area contributed by atoms with E-state index in [9.17, 15) is 9.59 Å². The van der Waals surface area contributed by atoms with Crippen LogP contribution >= 0.6 is 27.3 Å². The normalized spacial score (nSPS) is 12.0. The maximum Gasteiger partial charge on any atom is 0.413 e. The lowest BCUT2D eigenvalue weighted by Gasteiger charge is -2.18. The number of amides is 2. The van der Waals surface area contributed by atoms with E-state index in [1.54, 1.807) is 43.6 Å². The molecule has 0 saturated carbocycles. The highest BCUT2D eigenvalue weighted by atomic mass is 79.9. The van der Waals surface area contributed by atoms with Crippen LogP contribution in [-0.2, 0) is 22.3 Å². The third kappa shape index (κ3) is 4.94. The van der Waals surface area contributed by atoms with Crippen molar-refractivity contribution in [3.05, 3.63) is 64.0 Å². The molecule has 0 radical (unpaired) electrons. The molecule has 4 aromatic rings. The molecule has 0 unspecified atom stereocenters. The van der Waals surface area contributed by atoms with E-state index in [0.717, 1.165) is 49.7 Å². The topological polar surface area (TPSA) is 111 Å². The minimum atomic E-state index is -0.570. The summed E-state index contributed by atoms with van der Waals surface area (Å²) in [7, 11) is 4.67. The fourth-order valence-corrected chi connectivity index (χ4v) is 5.93. The van der Waals surface area contributed by atoms with Crippen molar-refractivity contribution in [2.75, 3.05) is 39.7 Å². The second-order valence-corrected chi connectivity index (χ2v) is 10.5. The first-order chi connectivity index (χ1) is 18.4. The Morgan fingerprint density at radius 2 is 2.08 bits per heavy atom. The molecule has 5 rings (SSSR count). The number of carbonyl (C=O) groups excluding carboxylic acids is 2.